The third-order valence-electron chi connectivity index (χ3n) is 3.62. The first kappa shape index (κ1) is 15.6. The van der Waals surface area contributed by atoms with Gasteiger partial charge in [-0.3, -0.25) is 4.99 Å². The van der Waals surface area contributed by atoms with Crippen LogP contribution in [0.25, 0.3) is 0 Å². The maximum absolute atomic E-state index is 5.64. The van der Waals surface area contributed by atoms with E-state index in [1.54, 1.807) is 0 Å². The molecule has 0 aromatic rings. The van der Waals surface area contributed by atoms with E-state index in [1.807, 2.05) is 6.92 Å². The summed E-state index contributed by atoms with van der Waals surface area (Å²) in [5, 5.41) is 6.89. The molecule has 1 aliphatic heterocycles. The molecule has 1 atom stereocenters. The zero-order chi connectivity index (χ0) is 14.0. The smallest absolute Gasteiger partial charge is 0.191 e. The van der Waals surface area contributed by atoms with Crippen molar-refractivity contribution in [2.75, 3.05) is 32.9 Å². The van der Waals surface area contributed by atoms with Crippen molar-refractivity contribution < 1.29 is 9.47 Å². The first-order chi connectivity index (χ1) is 9.88. The van der Waals surface area contributed by atoms with Crippen LogP contribution in [0.15, 0.2) is 4.99 Å². The normalized spacial score (nSPS) is 23.1. The van der Waals surface area contributed by atoms with Crippen LogP contribution in [0, 0.1) is 0 Å². The van der Waals surface area contributed by atoms with Crippen LogP contribution in [0.2, 0.25) is 0 Å². The molecule has 1 saturated heterocycles. The van der Waals surface area contributed by atoms with Gasteiger partial charge in [0.15, 0.2) is 5.96 Å². The molecule has 0 aromatic heterocycles. The molecule has 0 radical (unpaired) electrons. The molecule has 1 heterocycles. The lowest BCUT2D eigenvalue weighted by molar-refractivity contribution is 0.105. The second-order valence-electron chi connectivity index (χ2n) is 5.55. The van der Waals surface area contributed by atoms with Crippen LogP contribution in [0.3, 0.4) is 0 Å². The van der Waals surface area contributed by atoms with Gasteiger partial charge < -0.3 is 20.1 Å². The summed E-state index contributed by atoms with van der Waals surface area (Å²) in [4.78, 5) is 4.61. The fraction of sp³-hybridized carbons (Fsp3) is 0.933. The molecule has 2 N–H and O–H groups in total. The SMILES string of the molecule is CCOCCCN=C(NCC[C@H]1CCCO1)NC1CC1. The van der Waals surface area contributed by atoms with Gasteiger partial charge in [-0.1, -0.05) is 0 Å². The Bertz CT molecular complexity index is 287. The second-order valence-corrected chi connectivity index (χ2v) is 5.55. The molecule has 0 aromatic carbocycles. The molecule has 2 aliphatic rings. The average molecular weight is 283 g/mol. The fourth-order valence-electron chi connectivity index (χ4n) is 2.30. The number of rotatable bonds is 9. The van der Waals surface area contributed by atoms with Gasteiger partial charge in [0.1, 0.15) is 0 Å². The molecule has 0 spiro atoms. The minimum Gasteiger partial charge on any atom is -0.382 e. The Morgan fingerprint density at radius 1 is 1.35 bits per heavy atom. The van der Waals surface area contributed by atoms with Gasteiger partial charge in [-0.2, -0.15) is 0 Å². The molecule has 0 unspecified atom stereocenters. The molecule has 0 amide bonds. The van der Waals surface area contributed by atoms with E-state index in [4.69, 9.17) is 9.47 Å². The molecule has 116 valence electrons. The number of guanidine groups is 1. The van der Waals surface area contributed by atoms with Crippen molar-refractivity contribution in [1.29, 1.82) is 0 Å². The lowest BCUT2D eigenvalue weighted by atomic mass is 10.2. The van der Waals surface area contributed by atoms with Gasteiger partial charge in [0.05, 0.1) is 6.10 Å². The second kappa shape index (κ2) is 9.19. The highest BCUT2D eigenvalue weighted by molar-refractivity contribution is 5.80. The highest BCUT2D eigenvalue weighted by Gasteiger charge is 2.22. The molecule has 1 saturated carbocycles. The van der Waals surface area contributed by atoms with Gasteiger partial charge in [0, 0.05) is 39.0 Å². The van der Waals surface area contributed by atoms with Crippen molar-refractivity contribution in [2.45, 2.75) is 57.6 Å². The summed E-state index contributed by atoms with van der Waals surface area (Å²) in [6, 6.07) is 0.635. The summed E-state index contributed by atoms with van der Waals surface area (Å²) >= 11 is 0. The number of nitrogens with one attached hydrogen (secondary N) is 2. The minimum atomic E-state index is 0.447. The standard InChI is InChI=1S/C15H29N3O2/c1-2-19-11-4-9-16-15(18-13-6-7-13)17-10-8-14-5-3-12-20-14/h13-14H,2-12H2,1H3,(H2,16,17,18)/t14-/m1/s1. The van der Waals surface area contributed by atoms with Gasteiger partial charge in [-0.15, -0.1) is 0 Å². The van der Waals surface area contributed by atoms with Crippen molar-refractivity contribution in [2.24, 2.45) is 4.99 Å². The van der Waals surface area contributed by atoms with Crippen molar-refractivity contribution in [3.8, 4) is 0 Å². The Labute approximate surface area is 122 Å². The summed E-state index contributed by atoms with van der Waals surface area (Å²) < 4.78 is 11.0. The highest BCUT2D eigenvalue weighted by Crippen LogP contribution is 2.18. The summed E-state index contributed by atoms with van der Waals surface area (Å²) in [5.41, 5.74) is 0. The van der Waals surface area contributed by atoms with Gasteiger partial charge >= 0.3 is 0 Å². The van der Waals surface area contributed by atoms with E-state index in [9.17, 15) is 0 Å². The number of nitrogens with zero attached hydrogens (tertiary/aromatic N) is 1. The third-order valence-corrected chi connectivity index (χ3v) is 3.62. The van der Waals surface area contributed by atoms with Crippen LogP contribution in [0.1, 0.15) is 45.4 Å². The van der Waals surface area contributed by atoms with Crippen molar-refractivity contribution >= 4 is 5.96 Å². The van der Waals surface area contributed by atoms with Gasteiger partial charge in [-0.05, 0) is 45.4 Å². The lowest BCUT2D eigenvalue weighted by Gasteiger charge is -2.14. The number of hydrogen-bond acceptors (Lipinski definition) is 3. The largest absolute Gasteiger partial charge is 0.382 e. The van der Waals surface area contributed by atoms with Crippen molar-refractivity contribution in [3.63, 3.8) is 0 Å². The lowest BCUT2D eigenvalue weighted by Crippen LogP contribution is -2.40. The third kappa shape index (κ3) is 6.57. The van der Waals surface area contributed by atoms with Crippen LogP contribution in [-0.2, 0) is 9.47 Å². The predicted molar refractivity (Wildman–Crippen MR) is 81.2 cm³/mol. The molecule has 2 rings (SSSR count). The van der Waals surface area contributed by atoms with Gasteiger partial charge in [0.2, 0.25) is 0 Å². The molecule has 1 aliphatic carbocycles. The zero-order valence-electron chi connectivity index (χ0n) is 12.7. The minimum absolute atomic E-state index is 0.447. The van der Waals surface area contributed by atoms with E-state index in [1.165, 1.54) is 25.7 Å². The van der Waals surface area contributed by atoms with Gasteiger partial charge in [-0.25, -0.2) is 0 Å². The average Bonchev–Trinajstić information content (AvgIpc) is 3.11. The highest BCUT2D eigenvalue weighted by atomic mass is 16.5. The number of aliphatic imine (C=N–C) groups is 1. The Hall–Kier alpha value is -0.810. The Kier molecular flexibility index (Phi) is 7.15. The zero-order valence-corrected chi connectivity index (χ0v) is 12.7. The van der Waals surface area contributed by atoms with E-state index in [0.717, 1.165) is 51.7 Å². The monoisotopic (exact) mass is 283 g/mol. The van der Waals surface area contributed by atoms with Crippen LogP contribution >= 0.6 is 0 Å². The van der Waals surface area contributed by atoms with Gasteiger partial charge in [0.25, 0.3) is 0 Å². The molecule has 5 nitrogen and oxygen atoms in total. The van der Waals surface area contributed by atoms with Crippen LogP contribution < -0.4 is 10.6 Å². The molecule has 5 heteroatoms. The van der Waals surface area contributed by atoms with E-state index in [0.29, 0.717) is 12.1 Å². The maximum Gasteiger partial charge on any atom is 0.191 e. The Morgan fingerprint density at radius 3 is 2.95 bits per heavy atom. The predicted octanol–water partition coefficient (Wildman–Crippen LogP) is 1.68. The quantitative estimate of drug-likeness (QED) is 0.384. The number of hydrogen-bond donors (Lipinski definition) is 2. The summed E-state index contributed by atoms with van der Waals surface area (Å²) in [6.45, 7) is 6.30. The molecule has 0 bridgehead atoms. The molecule has 2 fully saturated rings. The number of ether oxygens (including phenoxy) is 2. The van der Waals surface area contributed by atoms with Crippen LogP contribution in [-0.4, -0.2) is 51.0 Å². The molecular formula is C15H29N3O2. The first-order valence-electron chi connectivity index (χ1n) is 8.12. The maximum atomic E-state index is 5.64. The summed E-state index contributed by atoms with van der Waals surface area (Å²) in [6.07, 6.45) is 7.46. The van der Waals surface area contributed by atoms with E-state index < -0.39 is 0 Å². The molecule has 20 heavy (non-hydrogen) atoms. The summed E-state index contributed by atoms with van der Waals surface area (Å²) in [7, 11) is 0. The first-order valence-corrected chi connectivity index (χ1v) is 8.12. The summed E-state index contributed by atoms with van der Waals surface area (Å²) in [5.74, 6) is 0.960. The van der Waals surface area contributed by atoms with E-state index in [-0.39, 0.29) is 0 Å². The fourth-order valence-corrected chi connectivity index (χ4v) is 2.30. The van der Waals surface area contributed by atoms with Crippen LogP contribution in [0.5, 0.6) is 0 Å². The Morgan fingerprint density at radius 2 is 2.25 bits per heavy atom. The molecular weight excluding hydrogens is 254 g/mol. The Balaban J connectivity index is 1.61. The van der Waals surface area contributed by atoms with Crippen molar-refractivity contribution in [1.82, 2.24) is 10.6 Å². The van der Waals surface area contributed by atoms with E-state index in [2.05, 4.69) is 15.6 Å². The topological polar surface area (TPSA) is 54.9 Å². The van der Waals surface area contributed by atoms with E-state index >= 15 is 0 Å². The van der Waals surface area contributed by atoms with Crippen LogP contribution in [0.4, 0.5) is 0 Å². The van der Waals surface area contributed by atoms with Crippen molar-refractivity contribution in [3.05, 3.63) is 0 Å².